The summed E-state index contributed by atoms with van der Waals surface area (Å²) >= 11 is 0. The van der Waals surface area contributed by atoms with Crippen LogP contribution >= 0.6 is 0 Å². The van der Waals surface area contributed by atoms with Crippen molar-refractivity contribution in [2.24, 2.45) is 0 Å². The summed E-state index contributed by atoms with van der Waals surface area (Å²) in [6, 6.07) is 17.2. The number of hydrogen-bond donors (Lipinski definition) is 0. The number of hydrogen-bond acceptors (Lipinski definition) is 0. The monoisotopic (exact) mass is 319 g/mol. The van der Waals surface area contributed by atoms with E-state index in [1.54, 1.807) is 12.2 Å². The van der Waals surface area contributed by atoms with Crippen LogP contribution in [0.5, 0.6) is 0 Å². The van der Waals surface area contributed by atoms with Gasteiger partial charge in [-0.25, -0.2) is 0 Å². The lowest BCUT2D eigenvalue weighted by atomic mass is 10.1. The number of para-hydroxylation sites is 1. The molecule has 0 spiro atoms. The predicted molar refractivity (Wildman–Crippen MR) is 109 cm³/mol. The van der Waals surface area contributed by atoms with Crippen LogP contribution in [-0.2, 0) is 0 Å². The summed E-state index contributed by atoms with van der Waals surface area (Å²) in [7, 11) is 0. The van der Waals surface area contributed by atoms with Crippen molar-refractivity contribution in [3.63, 3.8) is 0 Å². The van der Waals surface area contributed by atoms with Crippen molar-refractivity contribution in [1.29, 1.82) is 0 Å². The maximum Gasteiger partial charge on any atom is 0.0534 e. The highest BCUT2D eigenvalue weighted by Crippen LogP contribution is 2.29. The second-order valence-corrected chi connectivity index (χ2v) is 5.37. The van der Waals surface area contributed by atoms with Gasteiger partial charge in [-0.1, -0.05) is 69.0 Å². The van der Waals surface area contributed by atoms with Crippen molar-refractivity contribution < 1.29 is 0 Å². The minimum atomic E-state index is 1.23. The van der Waals surface area contributed by atoms with Gasteiger partial charge in [0, 0.05) is 16.8 Å². The summed E-state index contributed by atoms with van der Waals surface area (Å²) in [4.78, 5) is 0. The summed E-state index contributed by atoms with van der Waals surface area (Å²) in [5, 5.41) is 1.36. The molecule has 1 nitrogen and oxygen atoms in total. The SMILES string of the molecule is C=CC=C.CC.Cc1ccc2c(c1)c(C)c(C)n2-c1ccccc1. The van der Waals surface area contributed by atoms with Gasteiger partial charge in [-0.15, -0.1) is 0 Å². The number of allylic oxidation sites excluding steroid dienone is 2. The molecular weight excluding hydrogens is 290 g/mol. The zero-order chi connectivity index (χ0) is 18.1. The van der Waals surface area contributed by atoms with Gasteiger partial charge in [-0.3, -0.25) is 0 Å². The Hall–Kier alpha value is -2.54. The summed E-state index contributed by atoms with van der Waals surface area (Å²) < 4.78 is 2.34. The number of rotatable bonds is 2. The molecule has 0 aliphatic rings. The van der Waals surface area contributed by atoms with Crippen LogP contribution in [-0.4, -0.2) is 4.57 Å². The highest BCUT2D eigenvalue weighted by molar-refractivity contribution is 5.87. The van der Waals surface area contributed by atoms with Crippen LogP contribution < -0.4 is 0 Å². The van der Waals surface area contributed by atoms with E-state index in [9.17, 15) is 0 Å². The molecule has 1 heterocycles. The maximum absolute atomic E-state index is 3.36. The average Bonchev–Trinajstić information content (AvgIpc) is 2.88. The van der Waals surface area contributed by atoms with Crippen molar-refractivity contribution in [2.45, 2.75) is 34.6 Å². The Morgan fingerprint density at radius 1 is 0.833 bits per heavy atom. The molecule has 1 heteroatoms. The van der Waals surface area contributed by atoms with E-state index in [-0.39, 0.29) is 0 Å². The molecule has 24 heavy (non-hydrogen) atoms. The molecule has 0 saturated carbocycles. The van der Waals surface area contributed by atoms with E-state index in [1.165, 1.54) is 33.4 Å². The molecule has 2 aromatic carbocycles. The van der Waals surface area contributed by atoms with E-state index in [1.807, 2.05) is 13.8 Å². The summed E-state index contributed by atoms with van der Waals surface area (Å²) in [6.45, 7) is 17.3. The minimum absolute atomic E-state index is 1.23. The van der Waals surface area contributed by atoms with Gasteiger partial charge in [0.05, 0.1) is 5.52 Å². The molecule has 1 aromatic heterocycles. The average molecular weight is 319 g/mol. The molecular formula is C23H29N. The van der Waals surface area contributed by atoms with E-state index < -0.39 is 0 Å². The first-order valence-electron chi connectivity index (χ1n) is 8.47. The van der Waals surface area contributed by atoms with Gasteiger partial charge in [0.1, 0.15) is 0 Å². The van der Waals surface area contributed by atoms with Gasteiger partial charge < -0.3 is 4.57 Å². The van der Waals surface area contributed by atoms with E-state index in [0.29, 0.717) is 0 Å². The number of aromatic nitrogens is 1. The molecule has 0 aliphatic heterocycles. The molecule has 0 bridgehead atoms. The van der Waals surface area contributed by atoms with Gasteiger partial charge >= 0.3 is 0 Å². The fourth-order valence-corrected chi connectivity index (χ4v) is 2.60. The van der Waals surface area contributed by atoms with Crippen LogP contribution in [0.2, 0.25) is 0 Å². The fourth-order valence-electron chi connectivity index (χ4n) is 2.60. The highest BCUT2D eigenvalue weighted by Gasteiger charge is 2.11. The molecule has 0 saturated heterocycles. The Labute approximate surface area is 147 Å². The second kappa shape index (κ2) is 9.57. The zero-order valence-corrected chi connectivity index (χ0v) is 15.6. The van der Waals surface area contributed by atoms with Gasteiger partial charge in [0.15, 0.2) is 0 Å². The largest absolute Gasteiger partial charge is 0.314 e. The van der Waals surface area contributed by atoms with E-state index >= 15 is 0 Å². The summed E-state index contributed by atoms with van der Waals surface area (Å²) in [6.07, 6.45) is 3.28. The zero-order valence-electron chi connectivity index (χ0n) is 15.6. The van der Waals surface area contributed by atoms with E-state index in [4.69, 9.17) is 0 Å². The van der Waals surface area contributed by atoms with Crippen LogP contribution in [0.1, 0.15) is 30.7 Å². The first-order chi connectivity index (χ1) is 11.6. The Morgan fingerprint density at radius 3 is 1.96 bits per heavy atom. The third-order valence-corrected chi connectivity index (χ3v) is 3.86. The lowest BCUT2D eigenvalue weighted by Gasteiger charge is -2.08. The molecule has 0 atom stereocenters. The molecule has 0 radical (unpaired) electrons. The third kappa shape index (κ3) is 4.26. The van der Waals surface area contributed by atoms with E-state index in [2.05, 4.69) is 87.0 Å². The topological polar surface area (TPSA) is 4.93 Å². The van der Waals surface area contributed by atoms with Crippen molar-refractivity contribution in [2.75, 3.05) is 0 Å². The quantitative estimate of drug-likeness (QED) is 0.451. The Morgan fingerprint density at radius 2 is 1.42 bits per heavy atom. The van der Waals surface area contributed by atoms with Gasteiger partial charge in [-0.05, 0) is 50.6 Å². The number of fused-ring (bicyclic) bond motifs is 1. The Balaban J connectivity index is 0.000000423. The van der Waals surface area contributed by atoms with Crippen molar-refractivity contribution in [3.8, 4) is 5.69 Å². The number of benzene rings is 2. The molecule has 3 rings (SSSR count). The molecule has 0 N–H and O–H groups in total. The number of nitrogens with zero attached hydrogens (tertiary/aromatic N) is 1. The van der Waals surface area contributed by atoms with Crippen molar-refractivity contribution in [3.05, 3.63) is 90.7 Å². The van der Waals surface area contributed by atoms with Crippen molar-refractivity contribution >= 4 is 10.9 Å². The van der Waals surface area contributed by atoms with Crippen LogP contribution in [0, 0.1) is 20.8 Å². The van der Waals surface area contributed by atoms with Gasteiger partial charge in [-0.2, -0.15) is 0 Å². The van der Waals surface area contributed by atoms with Crippen molar-refractivity contribution in [1.82, 2.24) is 4.57 Å². The lowest BCUT2D eigenvalue weighted by Crippen LogP contribution is -1.95. The van der Waals surface area contributed by atoms with Crippen LogP contribution in [0.15, 0.2) is 73.8 Å². The van der Waals surface area contributed by atoms with Gasteiger partial charge in [0.2, 0.25) is 0 Å². The maximum atomic E-state index is 3.36. The number of aryl methyl sites for hydroxylation is 2. The predicted octanol–water partition coefficient (Wildman–Crippen LogP) is 6.94. The second-order valence-electron chi connectivity index (χ2n) is 5.37. The van der Waals surface area contributed by atoms with Crippen LogP contribution in [0.3, 0.4) is 0 Å². The molecule has 0 aliphatic carbocycles. The summed E-state index contributed by atoms with van der Waals surface area (Å²) in [5.74, 6) is 0. The molecule has 126 valence electrons. The Kier molecular flexibility index (Phi) is 7.77. The normalized spacial score (nSPS) is 9.38. The first kappa shape index (κ1) is 19.5. The Bertz CT molecular complexity index is 786. The lowest BCUT2D eigenvalue weighted by molar-refractivity contribution is 1.04. The molecule has 0 amide bonds. The first-order valence-corrected chi connectivity index (χ1v) is 8.47. The third-order valence-electron chi connectivity index (χ3n) is 3.86. The van der Waals surface area contributed by atoms with Gasteiger partial charge in [0.25, 0.3) is 0 Å². The summed E-state index contributed by atoms with van der Waals surface area (Å²) in [5.41, 5.74) is 6.54. The molecule has 3 aromatic rings. The fraction of sp³-hybridized carbons (Fsp3) is 0.217. The molecule has 0 unspecified atom stereocenters. The molecule has 0 fully saturated rings. The highest BCUT2D eigenvalue weighted by atomic mass is 15.0. The van der Waals surface area contributed by atoms with E-state index in [0.717, 1.165) is 0 Å². The smallest absolute Gasteiger partial charge is 0.0534 e. The van der Waals surface area contributed by atoms with Crippen LogP contribution in [0.25, 0.3) is 16.6 Å². The standard InChI is InChI=1S/C17H17N.C4H6.C2H6/c1-12-9-10-17-16(11-12)13(2)14(3)18(17)15-7-5-4-6-8-15;1-3-4-2;1-2/h4-11H,1-3H3;3-4H,1-2H2;1-2H3. The van der Waals surface area contributed by atoms with Crippen LogP contribution in [0.4, 0.5) is 0 Å². The minimum Gasteiger partial charge on any atom is -0.314 e.